The van der Waals surface area contributed by atoms with Crippen molar-refractivity contribution in [3.63, 3.8) is 0 Å². The summed E-state index contributed by atoms with van der Waals surface area (Å²) in [6.45, 7) is 1.69. The van der Waals surface area contributed by atoms with Crippen molar-refractivity contribution in [3.05, 3.63) is 64.2 Å². The maximum atomic E-state index is 12.1. The molecule has 108 valence electrons. The van der Waals surface area contributed by atoms with Crippen LogP contribution < -0.4 is 5.32 Å². The number of hydrogen-bond donors (Lipinski definition) is 2. The van der Waals surface area contributed by atoms with Gasteiger partial charge in [-0.25, -0.2) is 4.79 Å². The predicted molar refractivity (Wildman–Crippen MR) is 81.9 cm³/mol. The number of carboxylic acids is 1. The number of anilines is 1. The molecule has 0 unspecified atom stereocenters. The standard InChI is InChI=1S/C16H14ClNO3/c1-10-5-4-8-13(15(10)16(20)21)18-14(19)9-11-6-2-3-7-12(11)17/h2-8H,9H2,1H3,(H,18,19)(H,20,21). The molecule has 2 rings (SSSR count). The Labute approximate surface area is 127 Å². The Bertz CT molecular complexity index is 698. The van der Waals surface area contributed by atoms with Crippen LogP contribution in [0, 0.1) is 6.92 Å². The summed E-state index contributed by atoms with van der Waals surface area (Å²) in [5.41, 5.74) is 1.68. The molecular formula is C16H14ClNO3. The molecule has 21 heavy (non-hydrogen) atoms. The number of hydrogen-bond acceptors (Lipinski definition) is 2. The molecule has 1 amide bonds. The molecule has 4 nitrogen and oxygen atoms in total. The van der Waals surface area contributed by atoms with Crippen molar-refractivity contribution < 1.29 is 14.7 Å². The van der Waals surface area contributed by atoms with Gasteiger partial charge in [0.1, 0.15) is 0 Å². The van der Waals surface area contributed by atoms with Crippen LogP contribution in [0.15, 0.2) is 42.5 Å². The fraction of sp³-hybridized carbons (Fsp3) is 0.125. The van der Waals surface area contributed by atoms with Gasteiger partial charge in [-0.05, 0) is 30.2 Å². The molecule has 2 N–H and O–H groups in total. The molecule has 0 fully saturated rings. The molecule has 0 aromatic heterocycles. The van der Waals surface area contributed by atoms with E-state index in [4.69, 9.17) is 11.6 Å². The molecule has 0 bridgehead atoms. The molecule has 0 aliphatic heterocycles. The summed E-state index contributed by atoms with van der Waals surface area (Å²) in [5, 5.41) is 12.4. The van der Waals surface area contributed by atoms with E-state index in [-0.39, 0.29) is 17.9 Å². The van der Waals surface area contributed by atoms with Gasteiger partial charge in [-0.2, -0.15) is 0 Å². The monoisotopic (exact) mass is 303 g/mol. The molecule has 0 saturated heterocycles. The van der Waals surface area contributed by atoms with Gasteiger partial charge in [0.25, 0.3) is 0 Å². The number of aromatic carboxylic acids is 1. The average molecular weight is 304 g/mol. The van der Waals surface area contributed by atoms with Crippen LogP contribution in [-0.4, -0.2) is 17.0 Å². The molecule has 0 heterocycles. The first kappa shape index (κ1) is 15.1. The predicted octanol–water partition coefficient (Wildman–Crippen LogP) is 3.53. The Morgan fingerprint density at radius 3 is 2.52 bits per heavy atom. The highest BCUT2D eigenvalue weighted by atomic mass is 35.5. The van der Waals surface area contributed by atoms with Gasteiger partial charge >= 0.3 is 5.97 Å². The third-order valence-electron chi connectivity index (χ3n) is 3.07. The molecule has 0 atom stereocenters. The van der Waals surface area contributed by atoms with Crippen molar-refractivity contribution in [1.29, 1.82) is 0 Å². The highest BCUT2D eigenvalue weighted by Crippen LogP contribution is 2.21. The van der Waals surface area contributed by atoms with Gasteiger partial charge in [-0.1, -0.05) is 41.9 Å². The van der Waals surface area contributed by atoms with E-state index in [0.29, 0.717) is 21.8 Å². The van der Waals surface area contributed by atoms with E-state index in [1.54, 1.807) is 49.4 Å². The van der Waals surface area contributed by atoms with Crippen molar-refractivity contribution in [1.82, 2.24) is 0 Å². The van der Waals surface area contributed by atoms with Crippen LogP contribution in [0.1, 0.15) is 21.5 Å². The lowest BCUT2D eigenvalue weighted by atomic mass is 10.1. The van der Waals surface area contributed by atoms with Crippen LogP contribution in [0.2, 0.25) is 5.02 Å². The number of aryl methyl sites for hydroxylation is 1. The minimum absolute atomic E-state index is 0.0900. The van der Waals surface area contributed by atoms with Crippen LogP contribution in [-0.2, 0) is 11.2 Å². The average Bonchev–Trinajstić information content (AvgIpc) is 2.41. The van der Waals surface area contributed by atoms with Gasteiger partial charge in [-0.15, -0.1) is 0 Å². The first-order chi connectivity index (χ1) is 9.99. The Morgan fingerprint density at radius 2 is 1.86 bits per heavy atom. The molecule has 2 aromatic carbocycles. The van der Waals surface area contributed by atoms with Gasteiger partial charge < -0.3 is 10.4 Å². The second-order valence-electron chi connectivity index (χ2n) is 4.62. The fourth-order valence-corrected chi connectivity index (χ4v) is 2.27. The first-order valence-corrected chi connectivity index (χ1v) is 6.73. The number of carboxylic acid groups (broad SMARTS) is 1. The second-order valence-corrected chi connectivity index (χ2v) is 5.03. The van der Waals surface area contributed by atoms with Crippen molar-refractivity contribution in [2.75, 3.05) is 5.32 Å². The van der Waals surface area contributed by atoms with E-state index in [0.717, 1.165) is 0 Å². The summed E-state index contributed by atoms with van der Waals surface area (Å²) in [4.78, 5) is 23.3. The number of nitrogens with one attached hydrogen (secondary N) is 1. The molecule has 2 aromatic rings. The van der Waals surface area contributed by atoms with Crippen LogP contribution in [0.4, 0.5) is 5.69 Å². The SMILES string of the molecule is Cc1cccc(NC(=O)Cc2ccccc2Cl)c1C(=O)O. The Balaban J connectivity index is 2.19. The molecule has 5 heteroatoms. The second kappa shape index (κ2) is 6.41. The molecular weight excluding hydrogens is 290 g/mol. The van der Waals surface area contributed by atoms with Crippen molar-refractivity contribution in [2.45, 2.75) is 13.3 Å². The lowest BCUT2D eigenvalue weighted by Crippen LogP contribution is -2.17. The van der Waals surface area contributed by atoms with Gasteiger partial charge in [0.05, 0.1) is 17.7 Å². The molecule has 0 radical (unpaired) electrons. The van der Waals surface area contributed by atoms with Crippen molar-refractivity contribution >= 4 is 29.2 Å². The van der Waals surface area contributed by atoms with E-state index >= 15 is 0 Å². The van der Waals surface area contributed by atoms with E-state index in [2.05, 4.69) is 5.32 Å². The fourth-order valence-electron chi connectivity index (χ4n) is 2.06. The third-order valence-corrected chi connectivity index (χ3v) is 3.44. The number of benzene rings is 2. The Hall–Kier alpha value is -2.33. The largest absolute Gasteiger partial charge is 0.478 e. The minimum atomic E-state index is -1.07. The van der Waals surface area contributed by atoms with Crippen LogP contribution >= 0.6 is 11.6 Å². The van der Waals surface area contributed by atoms with Gasteiger partial charge in [-0.3, -0.25) is 4.79 Å². The van der Waals surface area contributed by atoms with E-state index in [1.807, 2.05) is 0 Å². The summed E-state index contributed by atoms with van der Waals surface area (Å²) >= 11 is 6.00. The number of carbonyl (C=O) groups excluding carboxylic acids is 1. The molecule has 0 aliphatic carbocycles. The lowest BCUT2D eigenvalue weighted by molar-refractivity contribution is -0.115. The van der Waals surface area contributed by atoms with Crippen LogP contribution in [0.5, 0.6) is 0 Å². The molecule has 0 saturated carbocycles. The summed E-state index contributed by atoms with van der Waals surface area (Å²) in [6.07, 6.45) is 0.0900. The van der Waals surface area contributed by atoms with Crippen LogP contribution in [0.3, 0.4) is 0 Å². The zero-order valence-electron chi connectivity index (χ0n) is 11.4. The zero-order chi connectivity index (χ0) is 15.4. The smallest absolute Gasteiger partial charge is 0.338 e. The number of amides is 1. The first-order valence-electron chi connectivity index (χ1n) is 6.35. The quantitative estimate of drug-likeness (QED) is 0.908. The Morgan fingerprint density at radius 1 is 1.14 bits per heavy atom. The number of carbonyl (C=O) groups is 2. The highest BCUT2D eigenvalue weighted by molar-refractivity contribution is 6.31. The zero-order valence-corrected chi connectivity index (χ0v) is 12.1. The van der Waals surface area contributed by atoms with Crippen molar-refractivity contribution in [2.24, 2.45) is 0 Å². The topological polar surface area (TPSA) is 66.4 Å². The molecule has 0 aliphatic rings. The lowest BCUT2D eigenvalue weighted by Gasteiger charge is -2.11. The summed E-state index contributed by atoms with van der Waals surface area (Å²) in [5.74, 6) is -1.38. The maximum Gasteiger partial charge on any atom is 0.338 e. The Kier molecular flexibility index (Phi) is 4.60. The highest BCUT2D eigenvalue weighted by Gasteiger charge is 2.15. The van der Waals surface area contributed by atoms with Crippen LogP contribution in [0.25, 0.3) is 0 Å². The number of rotatable bonds is 4. The minimum Gasteiger partial charge on any atom is -0.478 e. The van der Waals surface area contributed by atoms with Gasteiger partial charge in [0.15, 0.2) is 0 Å². The normalized spacial score (nSPS) is 10.2. The maximum absolute atomic E-state index is 12.1. The van der Waals surface area contributed by atoms with Crippen molar-refractivity contribution in [3.8, 4) is 0 Å². The van der Waals surface area contributed by atoms with E-state index < -0.39 is 5.97 Å². The summed E-state index contributed by atoms with van der Waals surface area (Å²) in [7, 11) is 0. The summed E-state index contributed by atoms with van der Waals surface area (Å²) < 4.78 is 0. The summed E-state index contributed by atoms with van der Waals surface area (Å²) in [6, 6.07) is 12.0. The van der Waals surface area contributed by atoms with Gasteiger partial charge in [0, 0.05) is 5.02 Å². The van der Waals surface area contributed by atoms with E-state index in [9.17, 15) is 14.7 Å². The third kappa shape index (κ3) is 3.61. The van der Waals surface area contributed by atoms with E-state index in [1.165, 1.54) is 0 Å². The van der Waals surface area contributed by atoms with Gasteiger partial charge in [0.2, 0.25) is 5.91 Å². The number of halogens is 1. The molecule has 0 spiro atoms.